The lowest BCUT2D eigenvalue weighted by atomic mass is 10.0. The molecule has 0 saturated carbocycles. The maximum absolute atomic E-state index is 12.4. The molecule has 0 atom stereocenters. The first-order valence-corrected chi connectivity index (χ1v) is 8.46. The Hall–Kier alpha value is -2.86. The van der Waals surface area contributed by atoms with E-state index >= 15 is 0 Å². The van der Waals surface area contributed by atoms with Crippen LogP contribution in [0.15, 0.2) is 47.1 Å². The zero-order valence-electron chi connectivity index (χ0n) is 14.1. The van der Waals surface area contributed by atoms with Gasteiger partial charge in [-0.05, 0) is 31.5 Å². The van der Waals surface area contributed by atoms with E-state index in [1.807, 2.05) is 38.1 Å². The molecule has 3 rings (SSSR count). The van der Waals surface area contributed by atoms with Gasteiger partial charge in [-0.1, -0.05) is 29.8 Å². The van der Waals surface area contributed by atoms with E-state index in [1.54, 1.807) is 12.1 Å². The summed E-state index contributed by atoms with van der Waals surface area (Å²) in [6, 6.07) is 11.1. The first-order chi connectivity index (χ1) is 12.0. The summed E-state index contributed by atoms with van der Waals surface area (Å²) in [7, 11) is 1.33. The number of hydrogen-bond acceptors (Lipinski definition) is 5. The third-order valence-corrected chi connectivity index (χ3v) is 4.81. The monoisotopic (exact) mass is 355 g/mol. The number of esters is 1. The number of aryl methyl sites for hydroxylation is 2. The van der Waals surface area contributed by atoms with Crippen LogP contribution >= 0.6 is 11.3 Å². The molecule has 5 nitrogen and oxygen atoms in total. The minimum Gasteiger partial charge on any atom is -0.465 e. The molecule has 1 amide bonds. The van der Waals surface area contributed by atoms with Crippen LogP contribution in [0.2, 0.25) is 0 Å². The highest BCUT2D eigenvalue weighted by molar-refractivity contribution is 7.17. The average Bonchev–Trinajstić information content (AvgIpc) is 3.23. The van der Waals surface area contributed by atoms with Crippen molar-refractivity contribution >= 4 is 28.2 Å². The SMILES string of the molecule is COC(=O)c1c(NC(=O)c2ccco2)sc(C)c1-c1ccc(C)cc1. The summed E-state index contributed by atoms with van der Waals surface area (Å²) in [5.41, 5.74) is 3.15. The maximum atomic E-state index is 12.4. The Morgan fingerprint density at radius 1 is 1.12 bits per heavy atom. The molecule has 0 bridgehead atoms. The van der Waals surface area contributed by atoms with E-state index in [4.69, 9.17) is 9.15 Å². The van der Waals surface area contributed by atoms with Gasteiger partial charge in [-0.2, -0.15) is 0 Å². The van der Waals surface area contributed by atoms with Crippen LogP contribution < -0.4 is 5.32 Å². The fraction of sp³-hybridized carbons (Fsp3) is 0.158. The number of nitrogens with one attached hydrogen (secondary N) is 1. The topological polar surface area (TPSA) is 68.5 Å². The third kappa shape index (κ3) is 3.34. The van der Waals surface area contributed by atoms with Gasteiger partial charge in [0.15, 0.2) is 5.76 Å². The fourth-order valence-corrected chi connectivity index (χ4v) is 3.63. The molecule has 0 unspecified atom stereocenters. The average molecular weight is 355 g/mol. The molecule has 0 aliphatic heterocycles. The summed E-state index contributed by atoms with van der Waals surface area (Å²) < 4.78 is 10.0. The Bertz CT molecular complexity index is 908. The molecule has 25 heavy (non-hydrogen) atoms. The van der Waals surface area contributed by atoms with Gasteiger partial charge in [0.1, 0.15) is 10.6 Å². The highest BCUT2D eigenvalue weighted by atomic mass is 32.1. The van der Waals surface area contributed by atoms with E-state index in [1.165, 1.54) is 24.7 Å². The number of anilines is 1. The van der Waals surface area contributed by atoms with Gasteiger partial charge < -0.3 is 14.5 Å². The van der Waals surface area contributed by atoms with Gasteiger partial charge in [0.05, 0.1) is 13.4 Å². The van der Waals surface area contributed by atoms with Crippen molar-refractivity contribution in [2.75, 3.05) is 12.4 Å². The summed E-state index contributed by atoms with van der Waals surface area (Å²) in [5, 5.41) is 3.20. The van der Waals surface area contributed by atoms with Gasteiger partial charge in [0, 0.05) is 10.4 Å². The Balaban J connectivity index is 2.07. The van der Waals surface area contributed by atoms with Crippen LogP contribution in [0.4, 0.5) is 5.00 Å². The number of methoxy groups -OCH3 is 1. The molecule has 2 heterocycles. The number of benzene rings is 1. The molecule has 0 radical (unpaired) electrons. The molecule has 0 aliphatic carbocycles. The lowest BCUT2D eigenvalue weighted by Crippen LogP contribution is -2.13. The zero-order chi connectivity index (χ0) is 18.0. The number of carbonyl (C=O) groups excluding carboxylic acids is 2. The predicted molar refractivity (Wildman–Crippen MR) is 97.2 cm³/mol. The van der Waals surface area contributed by atoms with Crippen molar-refractivity contribution in [3.05, 3.63) is 64.4 Å². The van der Waals surface area contributed by atoms with E-state index in [0.29, 0.717) is 10.6 Å². The van der Waals surface area contributed by atoms with Gasteiger partial charge in [0.25, 0.3) is 5.91 Å². The molecule has 6 heteroatoms. The van der Waals surface area contributed by atoms with Crippen LogP contribution in [-0.2, 0) is 4.74 Å². The fourth-order valence-electron chi connectivity index (χ4n) is 2.57. The Kier molecular flexibility index (Phi) is 4.72. The Morgan fingerprint density at radius 2 is 1.84 bits per heavy atom. The second kappa shape index (κ2) is 6.94. The van der Waals surface area contributed by atoms with Crippen molar-refractivity contribution < 1.29 is 18.7 Å². The van der Waals surface area contributed by atoms with E-state index < -0.39 is 11.9 Å². The summed E-state index contributed by atoms with van der Waals surface area (Å²) in [5.74, 6) is -0.722. The Labute approximate surface area is 149 Å². The lowest BCUT2D eigenvalue weighted by molar-refractivity contribution is 0.0603. The van der Waals surface area contributed by atoms with Crippen molar-refractivity contribution in [3.63, 3.8) is 0 Å². The molecule has 3 aromatic rings. The number of amides is 1. The smallest absolute Gasteiger partial charge is 0.341 e. The number of ether oxygens (including phenoxy) is 1. The van der Waals surface area contributed by atoms with Gasteiger partial charge in [-0.3, -0.25) is 4.79 Å². The van der Waals surface area contributed by atoms with Gasteiger partial charge in [-0.25, -0.2) is 4.79 Å². The molecule has 1 N–H and O–H groups in total. The first kappa shape index (κ1) is 17.0. The first-order valence-electron chi connectivity index (χ1n) is 7.65. The highest BCUT2D eigenvalue weighted by Gasteiger charge is 2.25. The summed E-state index contributed by atoms with van der Waals surface area (Å²) >= 11 is 1.33. The standard InChI is InChI=1S/C19H17NO4S/c1-11-6-8-13(9-7-11)15-12(2)25-18(16(15)19(22)23-3)20-17(21)14-5-4-10-24-14/h4-10H,1-3H3,(H,20,21). The molecule has 0 spiro atoms. The van der Waals surface area contributed by atoms with Gasteiger partial charge >= 0.3 is 5.97 Å². The molecular weight excluding hydrogens is 338 g/mol. The minimum atomic E-state index is -0.491. The van der Waals surface area contributed by atoms with Gasteiger partial charge in [-0.15, -0.1) is 11.3 Å². The molecule has 0 aliphatic rings. The second-order valence-corrected chi connectivity index (χ2v) is 6.75. The predicted octanol–water partition coefficient (Wildman–Crippen LogP) is 4.66. The Morgan fingerprint density at radius 3 is 2.44 bits per heavy atom. The van der Waals surface area contributed by atoms with Crippen LogP contribution in [0.25, 0.3) is 11.1 Å². The van der Waals surface area contributed by atoms with Gasteiger partial charge in [0.2, 0.25) is 0 Å². The third-order valence-electron chi connectivity index (χ3n) is 3.79. The van der Waals surface area contributed by atoms with E-state index in [-0.39, 0.29) is 5.76 Å². The number of rotatable bonds is 4. The van der Waals surface area contributed by atoms with Crippen LogP contribution in [0.1, 0.15) is 31.4 Å². The molecule has 0 saturated heterocycles. The van der Waals surface area contributed by atoms with Crippen molar-refractivity contribution in [1.29, 1.82) is 0 Å². The van der Waals surface area contributed by atoms with Crippen molar-refractivity contribution in [2.24, 2.45) is 0 Å². The molecular formula is C19H17NO4S. The quantitative estimate of drug-likeness (QED) is 0.691. The normalized spacial score (nSPS) is 10.5. The largest absolute Gasteiger partial charge is 0.465 e. The van der Waals surface area contributed by atoms with Crippen molar-refractivity contribution in [3.8, 4) is 11.1 Å². The zero-order valence-corrected chi connectivity index (χ0v) is 14.9. The number of hydrogen-bond donors (Lipinski definition) is 1. The van der Waals surface area contributed by atoms with Crippen molar-refractivity contribution in [2.45, 2.75) is 13.8 Å². The van der Waals surface area contributed by atoms with Crippen LogP contribution in [0.5, 0.6) is 0 Å². The van der Waals surface area contributed by atoms with Crippen LogP contribution in [-0.4, -0.2) is 19.0 Å². The number of furan rings is 1. The molecule has 1 aromatic carbocycles. The number of carbonyl (C=O) groups is 2. The van der Waals surface area contributed by atoms with Crippen LogP contribution in [0.3, 0.4) is 0 Å². The maximum Gasteiger partial charge on any atom is 0.341 e. The summed E-state index contributed by atoms with van der Waals surface area (Å²) in [4.78, 5) is 25.6. The molecule has 128 valence electrons. The summed E-state index contributed by atoms with van der Waals surface area (Å²) in [6.45, 7) is 3.91. The molecule has 0 fully saturated rings. The van der Waals surface area contributed by atoms with E-state index in [0.717, 1.165) is 21.6 Å². The lowest BCUT2D eigenvalue weighted by Gasteiger charge is -2.08. The van der Waals surface area contributed by atoms with E-state index in [2.05, 4.69) is 5.32 Å². The minimum absolute atomic E-state index is 0.179. The summed E-state index contributed by atoms with van der Waals surface area (Å²) in [6.07, 6.45) is 1.42. The van der Waals surface area contributed by atoms with Crippen molar-refractivity contribution in [1.82, 2.24) is 0 Å². The highest BCUT2D eigenvalue weighted by Crippen LogP contribution is 2.40. The second-order valence-electron chi connectivity index (χ2n) is 5.53. The molecule has 2 aromatic heterocycles. The van der Waals surface area contributed by atoms with Crippen LogP contribution in [0, 0.1) is 13.8 Å². The van der Waals surface area contributed by atoms with E-state index in [9.17, 15) is 9.59 Å². The number of thiophene rings is 1.